The number of hydrogen-bond donors (Lipinski definition) is 2. The van der Waals surface area contributed by atoms with Gasteiger partial charge < -0.3 is 10.5 Å². The molecule has 1 atom stereocenters. The van der Waals surface area contributed by atoms with Crippen LogP contribution in [0, 0.1) is 0 Å². The van der Waals surface area contributed by atoms with Crippen molar-refractivity contribution in [1.29, 1.82) is 0 Å². The fourth-order valence-corrected chi connectivity index (χ4v) is 1.34. The van der Waals surface area contributed by atoms with Gasteiger partial charge in [-0.1, -0.05) is 0 Å². The number of rotatable bonds is 4. The Bertz CT molecular complexity index is 410. The summed E-state index contributed by atoms with van der Waals surface area (Å²) in [5.74, 6) is 0.235. The van der Waals surface area contributed by atoms with Crippen LogP contribution in [-0.2, 0) is 11.2 Å². The molecule has 0 aliphatic rings. The minimum atomic E-state index is -0.559. The highest BCUT2D eigenvalue weighted by atomic mass is 16.6. The van der Waals surface area contributed by atoms with Crippen molar-refractivity contribution in [2.45, 2.75) is 52.2 Å². The summed E-state index contributed by atoms with van der Waals surface area (Å²) in [6.45, 7) is 7.35. The Kier molecular flexibility index (Phi) is 5.23. The molecule has 0 aliphatic heterocycles. The highest BCUT2D eigenvalue weighted by molar-refractivity contribution is 5.82. The molecule has 0 unspecified atom stereocenters. The number of aromatic nitrogens is 2. The lowest BCUT2D eigenvalue weighted by molar-refractivity contribution is 0.0634. The third-order valence-electron chi connectivity index (χ3n) is 2.21. The van der Waals surface area contributed by atoms with Gasteiger partial charge in [-0.25, -0.2) is 14.8 Å². The molecular formula is C13H22N4O2. The molecule has 0 saturated heterocycles. The van der Waals surface area contributed by atoms with Crippen LogP contribution in [0.2, 0.25) is 0 Å². The zero-order chi connectivity index (χ0) is 14.5. The van der Waals surface area contributed by atoms with Gasteiger partial charge in [0.1, 0.15) is 5.60 Å². The van der Waals surface area contributed by atoms with Crippen molar-refractivity contribution in [3.8, 4) is 0 Å². The first kappa shape index (κ1) is 15.4. The van der Waals surface area contributed by atoms with Crippen molar-refractivity contribution in [3.05, 3.63) is 18.0 Å². The monoisotopic (exact) mass is 266 g/mol. The van der Waals surface area contributed by atoms with Crippen molar-refractivity contribution >= 4 is 12.0 Å². The Labute approximate surface area is 113 Å². The molecule has 0 radical (unpaired) electrons. The lowest BCUT2D eigenvalue weighted by Crippen LogP contribution is -2.27. The summed E-state index contributed by atoms with van der Waals surface area (Å²) in [5.41, 5.74) is 6.13. The number of aryl methyl sites for hydroxylation is 1. The Balaban J connectivity index is 2.50. The van der Waals surface area contributed by atoms with Crippen molar-refractivity contribution in [1.82, 2.24) is 9.97 Å². The van der Waals surface area contributed by atoms with Crippen LogP contribution in [0.5, 0.6) is 0 Å². The highest BCUT2D eigenvalue weighted by Crippen LogP contribution is 2.09. The van der Waals surface area contributed by atoms with E-state index in [9.17, 15) is 4.79 Å². The zero-order valence-electron chi connectivity index (χ0n) is 11.9. The van der Waals surface area contributed by atoms with E-state index in [0.717, 1.165) is 18.4 Å². The van der Waals surface area contributed by atoms with E-state index in [1.165, 1.54) is 0 Å². The van der Waals surface area contributed by atoms with Crippen LogP contribution >= 0.6 is 0 Å². The second-order valence-corrected chi connectivity index (χ2v) is 5.56. The van der Waals surface area contributed by atoms with Crippen molar-refractivity contribution in [3.63, 3.8) is 0 Å². The van der Waals surface area contributed by atoms with Crippen LogP contribution in [0.4, 0.5) is 10.7 Å². The predicted molar refractivity (Wildman–Crippen MR) is 73.9 cm³/mol. The molecule has 0 aliphatic carbocycles. The van der Waals surface area contributed by atoms with E-state index in [1.54, 1.807) is 33.2 Å². The number of nitrogens with two attached hydrogens (primary N) is 1. The van der Waals surface area contributed by atoms with Crippen LogP contribution in [0.15, 0.2) is 12.4 Å². The molecule has 0 aromatic carbocycles. The summed E-state index contributed by atoms with van der Waals surface area (Å²) in [5, 5.41) is 2.48. The number of nitrogens with one attached hydrogen (secondary N) is 1. The first-order chi connectivity index (χ1) is 8.76. The summed E-state index contributed by atoms with van der Waals surface area (Å²) >= 11 is 0. The predicted octanol–water partition coefficient (Wildman–Crippen LogP) is 2.10. The van der Waals surface area contributed by atoms with Gasteiger partial charge in [0, 0.05) is 18.4 Å². The Morgan fingerprint density at radius 3 is 2.47 bits per heavy atom. The first-order valence-corrected chi connectivity index (χ1v) is 6.33. The van der Waals surface area contributed by atoms with Gasteiger partial charge in [-0.3, -0.25) is 5.32 Å². The van der Waals surface area contributed by atoms with E-state index in [4.69, 9.17) is 10.5 Å². The molecule has 1 aromatic heterocycles. The van der Waals surface area contributed by atoms with Crippen molar-refractivity contribution in [2.75, 3.05) is 5.32 Å². The average molecular weight is 266 g/mol. The number of amides is 1. The molecule has 106 valence electrons. The third-order valence-corrected chi connectivity index (χ3v) is 2.21. The van der Waals surface area contributed by atoms with Gasteiger partial charge >= 0.3 is 6.09 Å². The SMILES string of the molecule is C[C@H](N)CCc1cnc(NC(=O)OC(C)(C)C)nc1. The molecule has 0 saturated carbocycles. The van der Waals surface area contributed by atoms with Crippen molar-refractivity contribution in [2.24, 2.45) is 5.73 Å². The molecule has 3 N–H and O–H groups in total. The summed E-state index contributed by atoms with van der Waals surface area (Å²) in [7, 11) is 0. The van der Waals surface area contributed by atoms with Gasteiger partial charge in [0.2, 0.25) is 5.95 Å². The molecular weight excluding hydrogens is 244 g/mol. The molecule has 0 fully saturated rings. The Morgan fingerprint density at radius 1 is 1.42 bits per heavy atom. The molecule has 0 bridgehead atoms. The second-order valence-electron chi connectivity index (χ2n) is 5.56. The minimum Gasteiger partial charge on any atom is -0.444 e. The topological polar surface area (TPSA) is 90.1 Å². The number of nitrogens with zero attached hydrogens (tertiary/aromatic N) is 2. The van der Waals surface area contributed by atoms with E-state index in [1.807, 2.05) is 6.92 Å². The molecule has 6 nitrogen and oxygen atoms in total. The molecule has 1 heterocycles. The van der Waals surface area contributed by atoms with Gasteiger partial charge in [-0.15, -0.1) is 0 Å². The van der Waals surface area contributed by atoms with Gasteiger partial charge in [0.05, 0.1) is 0 Å². The molecule has 1 aromatic rings. The lowest BCUT2D eigenvalue weighted by atomic mass is 10.1. The molecule has 0 spiro atoms. The van der Waals surface area contributed by atoms with Crippen LogP contribution in [-0.4, -0.2) is 27.7 Å². The highest BCUT2D eigenvalue weighted by Gasteiger charge is 2.16. The van der Waals surface area contributed by atoms with Crippen LogP contribution < -0.4 is 11.1 Å². The van der Waals surface area contributed by atoms with E-state index in [-0.39, 0.29) is 12.0 Å². The number of hydrogen-bond acceptors (Lipinski definition) is 5. The molecule has 6 heteroatoms. The van der Waals surface area contributed by atoms with Gasteiger partial charge in [0.15, 0.2) is 0 Å². The lowest BCUT2D eigenvalue weighted by Gasteiger charge is -2.19. The van der Waals surface area contributed by atoms with E-state index in [0.29, 0.717) is 0 Å². The summed E-state index contributed by atoms with van der Waals surface area (Å²) in [4.78, 5) is 19.6. The van der Waals surface area contributed by atoms with E-state index >= 15 is 0 Å². The van der Waals surface area contributed by atoms with E-state index < -0.39 is 11.7 Å². The maximum absolute atomic E-state index is 11.5. The fraction of sp³-hybridized carbons (Fsp3) is 0.615. The Hall–Kier alpha value is -1.69. The fourth-order valence-electron chi connectivity index (χ4n) is 1.34. The second kappa shape index (κ2) is 6.47. The number of anilines is 1. The van der Waals surface area contributed by atoms with Crippen LogP contribution in [0.25, 0.3) is 0 Å². The van der Waals surface area contributed by atoms with Gasteiger partial charge in [-0.2, -0.15) is 0 Å². The quantitative estimate of drug-likeness (QED) is 0.871. The Morgan fingerprint density at radius 2 is 2.00 bits per heavy atom. The number of carbonyl (C=O) groups is 1. The van der Waals surface area contributed by atoms with Gasteiger partial charge in [0.25, 0.3) is 0 Å². The largest absolute Gasteiger partial charge is 0.444 e. The average Bonchev–Trinajstić information content (AvgIpc) is 2.25. The molecule has 19 heavy (non-hydrogen) atoms. The molecule has 1 amide bonds. The smallest absolute Gasteiger partial charge is 0.414 e. The first-order valence-electron chi connectivity index (χ1n) is 6.33. The maximum Gasteiger partial charge on any atom is 0.414 e. The van der Waals surface area contributed by atoms with Crippen LogP contribution in [0.1, 0.15) is 39.7 Å². The van der Waals surface area contributed by atoms with Crippen molar-refractivity contribution < 1.29 is 9.53 Å². The zero-order valence-corrected chi connectivity index (χ0v) is 11.9. The minimum absolute atomic E-state index is 0.152. The number of ether oxygens (including phenoxy) is 1. The third kappa shape index (κ3) is 6.71. The summed E-state index contributed by atoms with van der Waals surface area (Å²) in [6, 6.07) is 0.152. The standard InChI is InChI=1S/C13H22N4O2/c1-9(14)5-6-10-7-15-11(16-8-10)17-12(18)19-13(2,3)4/h7-9H,5-6,14H2,1-4H3,(H,15,16,17,18)/t9-/m0/s1. The number of carbonyl (C=O) groups excluding carboxylic acids is 1. The molecule has 1 rings (SSSR count). The van der Waals surface area contributed by atoms with E-state index in [2.05, 4.69) is 15.3 Å². The van der Waals surface area contributed by atoms with Gasteiger partial charge in [-0.05, 0) is 46.1 Å². The summed E-state index contributed by atoms with van der Waals surface area (Å²) < 4.78 is 5.10. The maximum atomic E-state index is 11.5. The van der Waals surface area contributed by atoms with Crippen LogP contribution in [0.3, 0.4) is 0 Å². The summed E-state index contributed by atoms with van der Waals surface area (Å²) in [6.07, 6.45) is 4.51. The normalized spacial score (nSPS) is 12.9.